The Balaban J connectivity index is 0. The van der Waals surface area contributed by atoms with Crippen LogP contribution in [-0.4, -0.2) is 19.1 Å². The number of unbranched alkanes of at least 4 members (excludes halogenated alkanes) is 3. The summed E-state index contributed by atoms with van der Waals surface area (Å²) in [6.45, 7) is 2.66. The van der Waals surface area contributed by atoms with Crippen molar-refractivity contribution in [1.82, 2.24) is 0 Å². The summed E-state index contributed by atoms with van der Waals surface area (Å²) in [4.78, 5) is 10.5. The summed E-state index contributed by atoms with van der Waals surface area (Å²) >= 11 is 0. The monoisotopic (exact) mass is 239 g/mol. The number of carbonyl (C=O) groups excluding carboxylic acids is 1. The Hall–Kier alpha value is -0.0900. The van der Waals surface area contributed by atoms with Crippen molar-refractivity contribution < 1.29 is 9.53 Å². The average Bonchev–Trinajstić information content (AvgIpc) is 2.04. The first-order valence-electron chi connectivity index (χ1n) is 4.17. The average molecular weight is 240 g/mol. The van der Waals surface area contributed by atoms with Crippen molar-refractivity contribution in [3.8, 4) is 0 Å². The van der Waals surface area contributed by atoms with Crippen molar-refractivity contribution in [2.75, 3.05) is 13.2 Å². The van der Waals surface area contributed by atoms with Crippen LogP contribution in [-0.2, 0) is 9.53 Å². The highest BCUT2D eigenvalue weighted by Gasteiger charge is 1.96. The van der Waals surface area contributed by atoms with E-state index in [0.717, 1.165) is 12.8 Å². The van der Waals surface area contributed by atoms with Gasteiger partial charge in [0.1, 0.15) is 0 Å². The minimum atomic E-state index is -0.304. The van der Waals surface area contributed by atoms with Crippen LogP contribution in [0.4, 0.5) is 0 Å². The van der Waals surface area contributed by atoms with E-state index >= 15 is 0 Å². The first-order valence-corrected chi connectivity index (χ1v) is 4.17. The summed E-state index contributed by atoms with van der Waals surface area (Å²) in [6.07, 6.45) is 4.50. The summed E-state index contributed by atoms with van der Waals surface area (Å²) in [5.74, 6) is -0.304. The Morgan fingerprint density at radius 3 is 2.50 bits per heavy atom. The van der Waals surface area contributed by atoms with Crippen LogP contribution in [0.15, 0.2) is 0 Å². The molecule has 0 aliphatic carbocycles. The second-order valence-corrected chi connectivity index (χ2v) is 2.49. The highest BCUT2D eigenvalue weighted by molar-refractivity contribution is 8.93. The fraction of sp³-hybridized carbons (Fsp3) is 0.875. The van der Waals surface area contributed by atoms with Gasteiger partial charge in [0.15, 0.2) is 0 Å². The molecule has 0 aromatic carbocycles. The molecule has 4 heteroatoms. The lowest BCUT2D eigenvalue weighted by molar-refractivity contribution is -0.142. The fourth-order valence-corrected chi connectivity index (χ4v) is 0.774. The second kappa shape index (κ2) is 10.9. The molecule has 0 rings (SSSR count). The Labute approximate surface area is 84.4 Å². The highest BCUT2D eigenvalue weighted by Crippen LogP contribution is 1.98. The van der Waals surface area contributed by atoms with Crippen LogP contribution in [0.5, 0.6) is 0 Å². The van der Waals surface area contributed by atoms with Crippen LogP contribution in [0.1, 0.15) is 32.6 Å². The molecule has 0 aliphatic heterocycles. The Kier molecular flexibility index (Phi) is 13.1. The number of carbonyl (C=O) groups is 1. The van der Waals surface area contributed by atoms with Gasteiger partial charge >= 0.3 is 5.97 Å². The second-order valence-electron chi connectivity index (χ2n) is 2.49. The van der Waals surface area contributed by atoms with Crippen LogP contribution in [0, 0.1) is 0 Å². The summed E-state index contributed by atoms with van der Waals surface area (Å²) < 4.78 is 4.77. The van der Waals surface area contributed by atoms with Crippen LogP contribution in [0.25, 0.3) is 0 Å². The molecule has 0 saturated carbocycles. The van der Waals surface area contributed by atoms with E-state index in [-0.39, 0.29) is 29.5 Å². The molecule has 0 atom stereocenters. The number of hydrogen-bond acceptors (Lipinski definition) is 3. The molecule has 0 spiro atoms. The van der Waals surface area contributed by atoms with E-state index in [9.17, 15) is 4.79 Å². The molecule has 2 N–H and O–H groups in total. The molecule has 74 valence electrons. The fourth-order valence-electron chi connectivity index (χ4n) is 0.774. The standard InChI is InChI=1S/C8H17NO2.BrH/c1-2-3-4-5-6-11-8(10)7-9;/h2-7,9H2,1H3;1H. The zero-order valence-electron chi connectivity index (χ0n) is 7.54. The van der Waals surface area contributed by atoms with Gasteiger partial charge in [0.25, 0.3) is 0 Å². The predicted octanol–water partition coefficient (Wildman–Crippen LogP) is 1.65. The third-order valence-corrected chi connectivity index (χ3v) is 1.43. The normalized spacial score (nSPS) is 8.83. The molecule has 0 unspecified atom stereocenters. The molecular formula is C8H18BrNO2. The smallest absolute Gasteiger partial charge is 0.319 e. The highest BCUT2D eigenvalue weighted by atomic mass is 79.9. The van der Waals surface area contributed by atoms with Gasteiger partial charge in [0, 0.05) is 0 Å². The number of rotatable bonds is 6. The van der Waals surface area contributed by atoms with Crippen LogP contribution in [0.3, 0.4) is 0 Å². The molecule has 0 amide bonds. The summed E-state index contributed by atoms with van der Waals surface area (Å²) in [5, 5.41) is 0. The first-order chi connectivity index (χ1) is 5.31. The van der Waals surface area contributed by atoms with Crippen molar-refractivity contribution in [3.05, 3.63) is 0 Å². The van der Waals surface area contributed by atoms with E-state index in [4.69, 9.17) is 10.5 Å². The van der Waals surface area contributed by atoms with Gasteiger partial charge < -0.3 is 10.5 Å². The summed E-state index contributed by atoms with van der Waals surface area (Å²) in [6, 6.07) is 0. The van der Waals surface area contributed by atoms with E-state index in [1.54, 1.807) is 0 Å². The van der Waals surface area contributed by atoms with Gasteiger partial charge in [-0.1, -0.05) is 26.2 Å². The zero-order chi connectivity index (χ0) is 8.53. The van der Waals surface area contributed by atoms with Crippen LogP contribution >= 0.6 is 17.0 Å². The van der Waals surface area contributed by atoms with Crippen molar-refractivity contribution in [3.63, 3.8) is 0 Å². The van der Waals surface area contributed by atoms with Gasteiger partial charge in [-0.2, -0.15) is 0 Å². The predicted molar refractivity (Wildman–Crippen MR) is 54.5 cm³/mol. The molecule has 0 aromatic heterocycles. The maximum atomic E-state index is 10.5. The molecule has 0 radical (unpaired) electrons. The van der Waals surface area contributed by atoms with E-state index in [1.807, 2.05) is 0 Å². The number of esters is 1. The quantitative estimate of drug-likeness (QED) is 0.567. The van der Waals surface area contributed by atoms with E-state index < -0.39 is 0 Å². The lowest BCUT2D eigenvalue weighted by atomic mass is 10.2. The molecule has 0 heterocycles. The molecule has 0 aliphatic rings. The minimum Gasteiger partial charge on any atom is -0.465 e. The molecule has 0 fully saturated rings. The lowest BCUT2D eigenvalue weighted by Crippen LogP contribution is -2.17. The van der Waals surface area contributed by atoms with Gasteiger partial charge in [0.2, 0.25) is 0 Å². The van der Waals surface area contributed by atoms with E-state index in [2.05, 4.69) is 6.92 Å². The minimum absolute atomic E-state index is 0. The third kappa shape index (κ3) is 9.91. The summed E-state index contributed by atoms with van der Waals surface area (Å²) in [7, 11) is 0. The van der Waals surface area contributed by atoms with Crippen molar-refractivity contribution >= 4 is 23.0 Å². The largest absolute Gasteiger partial charge is 0.465 e. The molecule has 0 bridgehead atoms. The molecule has 0 saturated heterocycles. The molecule has 0 aromatic rings. The zero-order valence-corrected chi connectivity index (χ0v) is 9.26. The van der Waals surface area contributed by atoms with Crippen LogP contribution in [0.2, 0.25) is 0 Å². The first kappa shape index (κ1) is 14.4. The van der Waals surface area contributed by atoms with Gasteiger partial charge in [-0.3, -0.25) is 4.79 Å². The van der Waals surface area contributed by atoms with E-state index in [1.165, 1.54) is 12.8 Å². The third-order valence-electron chi connectivity index (χ3n) is 1.43. The van der Waals surface area contributed by atoms with Gasteiger partial charge in [0.05, 0.1) is 13.2 Å². The Bertz CT molecular complexity index is 109. The van der Waals surface area contributed by atoms with E-state index in [0.29, 0.717) is 6.61 Å². The van der Waals surface area contributed by atoms with Gasteiger partial charge in [-0.15, -0.1) is 17.0 Å². The molecule has 12 heavy (non-hydrogen) atoms. The Morgan fingerprint density at radius 1 is 1.33 bits per heavy atom. The summed E-state index contributed by atoms with van der Waals surface area (Å²) in [5.41, 5.74) is 5.04. The van der Waals surface area contributed by atoms with Crippen molar-refractivity contribution in [2.45, 2.75) is 32.6 Å². The Morgan fingerprint density at radius 2 is 2.00 bits per heavy atom. The number of ether oxygens (including phenoxy) is 1. The van der Waals surface area contributed by atoms with Crippen LogP contribution < -0.4 is 5.73 Å². The molecular weight excluding hydrogens is 222 g/mol. The maximum Gasteiger partial charge on any atom is 0.319 e. The van der Waals surface area contributed by atoms with Crippen molar-refractivity contribution in [1.29, 1.82) is 0 Å². The van der Waals surface area contributed by atoms with Crippen molar-refractivity contribution in [2.24, 2.45) is 5.73 Å². The lowest BCUT2D eigenvalue weighted by Gasteiger charge is -2.01. The molecule has 3 nitrogen and oxygen atoms in total. The number of hydrogen-bond donors (Lipinski definition) is 1. The SMILES string of the molecule is Br.CCCCCCOC(=O)CN. The topological polar surface area (TPSA) is 52.3 Å². The maximum absolute atomic E-state index is 10.5. The van der Waals surface area contributed by atoms with Gasteiger partial charge in [-0.05, 0) is 6.42 Å². The number of nitrogens with two attached hydrogens (primary N) is 1. The number of halogens is 1. The van der Waals surface area contributed by atoms with Gasteiger partial charge in [-0.25, -0.2) is 0 Å².